The van der Waals surface area contributed by atoms with Crippen molar-refractivity contribution in [2.75, 3.05) is 24.8 Å². The third kappa shape index (κ3) is 4.63. The Bertz CT molecular complexity index is 396. The van der Waals surface area contributed by atoms with Gasteiger partial charge in [-0.1, -0.05) is 18.5 Å². The zero-order valence-corrected chi connectivity index (χ0v) is 10.8. The third-order valence-corrected chi connectivity index (χ3v) is 2.56. The molecule has 4 nitrogen and oxygen atoms in total. The van der Waals surface area contributed by atoms with Gasteiger partial charge in [-0.25, -0.2) is 0 Å². The number of benzene rings is 1. The summed E-state index contributed by atoms with van der Waals surface area (Å²) in [5, 5.41) is 3.19. The monoisotopic (exact) mass is 256 g/mol. The molecule has 3 N–H and O–H groups in total. The first kappa shape index (κ1) is 13.8. The van der Waals surface area contributed by atoms with Crippen molar-refractivity contribution in [3.8, 4) is 0 Å². The highest BCUT2D eigenvalue weighted by Crippen LogP contribution is 2.24. The molecule has 94 valence electrons. The number of hydrogen-bond donors (Lipinski definition) is 2. The molecule has 5 heteroatoms. The molecule has 1 atom stereocenters. The number of ether oxygens (including phenoxy) is 1. The van der Waals surface area contributed by atoms with Crippen molar-refractivity contribution in [2.45, 2.75) is 13.3 Å². The first-order valence-electron chi connectivity index (χ1n) is 5.36. The summed E-state index contributed by atoms with van der Waals surface area (Å²) in [7, 11) is 1.62. The standard InChI is InChI=1S/C12H17ClN2O2/c1-8(7-17-2)5-12(16)15-11-4-3-9(14)6-10(11)13/h3-4,6,8H,5,7,14H2,1-2H3,(H,15,16). The van der Waals surface area contributed by atoms with Crippen molar-refractivity contribution in [1.29, 1.82) is 0 Å². The smallest absolute Gasteiger partial charge is 0.224 e. The fraction of sp³-hybridized carbons (Fsp3) is 0.417. The molecule has 1 aromatic carbocycles. The largest absolute Gasteiger partial charge is 0.399 e. The topological polar surface area (TPSA) is 64.3 Å². The van der Waals surface area contributed by atoms with Gasteiger partial charge in [-0.15, -0.1) is 0 Å². The average molecular weight is 257 g/mol. The van der Waals surface area contributed by atoms with Crippen molar-refractivity contribution in [3.63, 3.8) is 0 Å². The molecule has 0 radical (unpaired) electrons. The molecular formula is C12H17ClN2O2. The van der Waals surface area contributed by atoms with Gasteiger partial charge in [0.1, 0.15) is 0 Å². The van der Waals surface area contributed by atoms with Gasteiger partial charge < -0.3 is 15.8 Å². The van der Waals surface area contributed by atoms with Crippen molar-refractivity contribution < 1.29 is 9.53 Å². The Hall–Kier alpha value is -1.26. The molecule has 1 amide bonds. The zero-order valence-electron chi connectivity index (χ0n) is 10.00. The number of nitrogens with one attached hydrogen (secondary N) is 1. The van der Waals surface area contributed by atoms with Crippen LogP contribution >= 0.6 is 11.6 Å². The van der Waals surface area contributed by atoms with Gasteiger partial charge in [0.05, 0.1) is 10.7 Å². The maximum absolute atomic E-state index is 11.7. The first-order valence-corrected chi connectivity index (χ1v) is 5.74. The van der Waals surface area contributed by atoms with E-state index in [0.717, 1.165) is 0 Å². The number of nitrogen functional groups attached to an aromatic ring is 1. The normalized spacial score (nSPS) is 12.2. The van der Waals surface area contributed by atoms with Crippen LogP contribution in [0.2, 0.25) is 5.02 Å². The third-order valence-electron chi connectivity index (χ3n) is 2.25. The summed E-state index contributed by atoms with van der Waals surface area (Å²) < 4.78 is 4.97. The molecular weight excluding hydrogens is 240 g/mol. The van der Waals surface area contributed by atoms with Crippen LogP contribution in [0.25, 0.3) is 0 Å². The van der Waals surface area contributed by atoms with E-state index >= 15 is 0 Å². The number of nitrogens with two attached hydrogens (primary N) is 1. The van der Waals surface area contributed by atoms with Crippen LogP contribution in [0.4, 0.5) is 11.4 Å². The molecule has 17 heavy (non-hydrogen) atoms. The molecule has 0 aliphatic heterocycles. The number of hydrogen-bond acceptors (Lipinski definition) is 3. The minimum absolute atomic E-state index is 0.0822. The highest BCUT2D eigenvalue weighted by Gasteiger charge is 2.10. The van der Waals surface area contributed by atoms with Crippen LogP contribution in [0.3, 0.4) is 0 Å². The molecule has 0 aromatic heterocycles. The van der Waals surface area contributed by atoms with E-state index in [1.54, 1.807) is 25.3 Å². The molecule has 0 heterocycles. The van der Waals surface area contributed by atoms with Gasteiger partial charge in [0, 0.05) is 25.8 Å². The number of methoxy groups -OCH3 is 1. The minimum Gasteiger partial charge on any atom is -0.399 e. The van der Waals surface area contributed by atoms with Crippen molar-refractivity contribution in [2.24, 2.45) is 5.92 Å². The predicted octanol–water partition coefficient (Wildman–Crippen LogP) is 2.53. The molecule has 0 aliphatic carbocycles. The minimum atomic E-state index is -0.0822. The lowest BCUT2D eigenvalue weighted by atomic mass is 10.1. The number of anilines is 2. The molecule has 1 unspecified atom stereocenters. The van der Waals surface area contributed by atoms with Gasteiger partial charge in [-0.3, -0.25) is 4.79 Å². The second-order valence-corrected chi connectivity index (χ2v) is 4.46. The van der Waals surface area contributed by atoms with E-state index in [4.69, 9.17) is 22.1 Å². The highest BCUT2D eigenvalue weighted by molar-refractivity contribution is 6.34. The van der Waals surface area contributed by atoms with Gasteiger partial charge in [-0.05, 0) is 24.1 Å². The highest BCUT2D eigenvalue weighted by atomic mass is 35.5. The Labute approximate surface area is 106 Å². The fourth-order valence-corrected chi connectivity index (χ4v) is 1.73. The Kier molecular flexibility index (Phi) is 5.25. The van der Waals surface area contributed by atoms with Gasteiger partial charge in [0.2, 0.25) is 5.91 Å². The molecule has 0 bridgehead atoms. The number of halogens is 1. The molecule has 0 saturated carbocycles. The van der Waals surface area contributed by atoms with E-state index in [2.05, 4.69) is 5.32 Å². The molecule has 1 rings (SSSR count). The summed E-state index contributed by atoms with van der Waals surface area (Å²) in [5.74, 6) is 0.0915. The van der Waals surface area contributed by atoms with Crippen LogP contribution < -0.4 is 11.1 Å². The van der Waals surface area contributed by atoms with Gasteiger partial charge in [0.25, 0.3) is 0 Å². The lowest BCUT2D eigenvalue weighted by Gasteiger charge is -2.11. The van der Waals surface area contributed by atoms with Crippen molar-refractivity contribution in [3.05, 3.63) is 23.2 Å². The maximum Gasteiger partial charge on any atom is 0.224 e. The van der Waals surface area contributed by atoms with Crippen molar-refractivity contribution in [1.82, 2.24) is 0 Å². The summed E-state index contributed by atoms with van der Waals surface area (Å²) in [4.78, 5) is 11.7. The molecule has 0 saturated heterocycles. The van der Waals surface area contributed by atoms with Crippen molar-refractivity contribution >= 4 is 28.9 Å². The quantitative estimate of drug-likeness (QED) is 0.796. The van der Waals surface area contributed by atoms with E-state index < -0.39 is 0 Å². The maximum atomic E-state index is 11.7. The summed E-state index contributed by atoms with van der Waals surface area (Å²) >= 11 is 5.95. The zero-order chi connectivity index (χ0) is 12.8. The average Bonchev–Trinajstić information content (AvgIpc) is 2.22. The molecule has 0 spiro atoms. The van der Waals surface area contributed by atoms with Gasteiger partial charge in [0.15, 0.2) is 0 Å². The lowest BCUT2D eigenvalue weighted by Crippen LogP contribution is -2.17. The van der Waals surface area contributed by atoms with Crippen LogP contribution in [-0.4, -0.2) is 19.6 Å². The van der Waals surface area contributed by atoms with Gasteiger partial charge >= 0.3 is 0 Å². The van der Waals surface area contributed by atoms with E-state index in [9.17, 15) is 4.79 Å². The van der Waals surface area contributed by atoms with Crippen LogP contribution in [0, 0.1) is 5.92 Å². The van der Waals surface area contributed by atoms with Crippen LogP contribution in [0.5, 0.6) is 0 Å². The molecule has 0 fully saturated rings. The Morgan fingerprint density at radius 1 is 1.59 bits per heavy atom. The SMILES string of the molecule is COCC(C)CC(=O)Nc1ccc(N)cc1Cl. The van der Waals surface area contributed by atoms with E-state index in [1.165, 1.54) is 0 Å². The summed E-state index contributed by atoms with van der Waals surface area (Å²) in [5.41, 5.74) is 6.71. The van der Waals surface area contributed by atoms with Gasteiger partial charge in [-0.2, -0.15) is 0 Å². The Balaban J connectivity index is 2.56. The lowest BCUT2D eigenvalue weighted by molar-refractivity contribution is -0.117. The summed E-state index contributed by atoms with van der Waals surface area (Å²) in [6.45, 7) is 2.51. The van der Waals surface area contributed by atoms with E-state index in [-0.39, 0.29) is 11.8 Å². The van der Waals surface area contributed by atoms with E-state index in [0.29, 0.717) is 29.4 Å². The predicted molar refractivity (Wildman–Crippen MR) is 70.2 cm³/mol. The summed E-state index contributed by atoms with van der Waals surface area (Å²) in [6, 6.07) is 4.99. The second kappa shape index (κ2) is 6.47. The number of rotatable bonds is 5. The first-order chi connectivity index (χ1) is 8.02. The molecule has 0 aliphatic rings. The fourth-order valence-electron chi connectivity index (χ4n) is 1.49. The number of carbonyl (C=O) groups excluding carboxylic acids is 1. The van der Waals surface area contributed by atoms with Crippen LogP contribution in [-0.2, 0) is 9.53 Å². The second-order valence-electron chi connectivity index (χ2n) is 4.05. The van der Waals surface area contributed by atoms with E-state index in [1.807, 2.05) is 6.92 Å². The van der Waals surface area contributed by atoms with Crippen LogP contribution in [0.1, 0.15) is 13.3 Å². The number of amides is 1. The Morgan fingerprint density at radius 2 is 2.29 bits per heavy atom. The molecule has 1 aromatic rings. The Morgan fingerprint density at radius 3 is 2.88 bits per heavy atom. The summed E-state index contributed by atoms with van der Waals surface area (Å²) in [6.07, 6.45) is 0.397. The number of carbonyl (C=O) groups is 1. The van der Waals surface area contributed by atoms with Crippen LogP contribution in [0.15, 0.2) is 18.2 Å².